The van der Waals surface area contributed by atoms with Crippen LogP contribution in [-0.2, 0) is 12.8 Å². The van der Waals surface area contributed by atoms with Crippen molar-refractivity contribution in [3.8, 4) is 17.2 Å². The number of benzene rings is 1. The van der Waals surface area contributed by atoms with Crippen LogP contribution in [0.4, 0.5) is 0 Å². The monoisotopic (exact) mass is 264 g/mol. The quantitative estimate of drug-likeness (QED) is 0.797. The van der Waals surface area contributed by atoms with Gasteiger partial charge in [0.05, 0.1) is 6.61 Å². The van der Waals surface area contributed by atoms with Crippen LogP contribution in [0.5, 0.6) is 5.75 Å². The molecule has 0 fully saturated rings. The molecule has 5 heteroatoms. The van der Waals surface area contributed by atoms with Crippen molar-refractivity contribution in [2.75, 3.05) is 12.5 Å². The third kappa shape index (κ3) is 2.20. The van der Waals surface area contributed by atoms with E-state index < -0.39 is 0 Å². The molecule has 1 aromatic carbocycles. The Hall–Kier alpha value is -1.55. The molecule has 1 aliphatic heterocycles. The Kier molecular flexibility index (Phi) is 3.19. The lowest BCUT2D eigenvalue weighted by Crippen LogP contribution is -1.85. The third-order valence-electron chi connectivity index (χ3n) is 2.93. The molecule has 0 saturated carbocycles. The first-order valence-corrected chi connectivity index (χ1v) is 6.55. The van der Waals surface area contributed by atoms with Gasteiger partial charge in [-0.2, -0.15) is 0 Å². The Morgan fingerprint density at radius 1 is 1.28 bits per heavy atom. The largest absolute Gasteiger partial charge is 0.493 e. The molecule has 0 radical (unpaired) electrons. The van der Waals surface area contributed by atoms with Crippen LogP contribution in [0.1, 0.15) is 17.9 Å². The molecule has 0 bridgehead atoms. The minimum atomic E-state index is 0.564. The predicted octanol–water partition coefficient (Wildman–Crippen LogP) is 2.84. The second-order valence-electron chi connectivity index (χ2n) is 4.21. The van der Waals surface area contributed by atoms with Gasteiger partial charge in [-0.3, -0.25) is 0 Å². The predicted molar refractivity (Wildman–Crippen MR) is 68.0 cm³/mol. The summed E-state index contributed by atoms with van der Waals surface area (Å²) in [6.07, 6.45) is 2.52. The van der Waals surface area contributed by atoms with Gasteiger partial charge in [-0.1, -0.05) is 0 Å². The summed E-state index contributed by atoms with van der Waals surface area (Å²) in [4.78, 5) is 0. The van der Waals surface area contributed by atoms with Gasteiger partial charge in [0, 0.05) is 24.3 Å². The van der Waals surface area contributed by atoms with Crippen LogP contribution in [0, 0.1) is 0 Å². The number of aromatic nitrogens is 2. The minimum absolute atomic E-state index is 0.564. The van der Waals surface area contributed by atoms with Crippen LogP contribution >= 0.6 is 11.6 Å². The Balaban J connectivity index is 1.83. The van der Waals surface area contributed by atoms with Gasteiger partial charge in [0.2, 0.25) is 11.8 Å². The molecule has 1 aliphatic rings. The molecular formula is C13H13ClN2O2. The van der Waals surface area contributed by atoms with E-state index >= 15 is 0 Å². The summed E-state index contributed by atoms with van der Waals surface area (Å²) in [6, 6.07) is 5.96. The van der Waals surface area contributed by atoms with Gasteiger partial charge in [-0.25, -0.2) is 0 Å². The van der Waals surface area contributed by atoms with Crippen molar-refractivity contribution in [1.29, 1.82) is 0 Å². The Morgan fingerprint density at radius 3 is 3.11 bits per heavy atom. The number of hydrogen-bond donors (Lipinski definition) is 0. The van der Waals surface area contributed by atoms with Crippen LogP contribution < -0.4 is 4.74 Å². The number of ether oxygens (including phenoxy) is 1. The van der Waals surface area contributed by atoms with Gasteiger partial charge < -0.3 is 9.15 Å². The number of fused-ring (bicyclic) bond motifs is 1. The van der Waals surface area contributed by atoms with Crippen molar-refractivity contribution in [3.63, 3.8) is 0 Å². The molecule has 0 amide bonds. The summed E-state index contributed by atoms with van der Waals surface area (Å²) in [6.45, 7) is 0.754. The van der Waals surface area contributed by atoms with E-state index in [0.717, 1.165) is 37.2 Å². The van der Waals surface area contributed by atoms with Gasteiger partial charge in [0.1, 0.15) is 5.75 Å². The van der Waals surface area contributed by atoms with Crippen LogP contribution in [0.3, 0.4) is 0 Å². The first-order valence-electron chi connectivity index (χ1n) is 6.01. The normalized spacial score (nSPS) is 13.4. The molecule has 0 unspecified atom stereocenters. The van der Waals surface area contributed by atoms with Crippen molar-refractivity contribution in [3.05, 3.63) is 29.7 Å². The summed E-state index contributed by atoms with van der Waals surface area (Å²) in [5.74, 6) is 2.77. The van der Waals surface area contributed by atoms with Gasteiger partial charge in [-0.15, -0.1) is 21.8 Å². The Labute approximate surface area is 110 Å². The van der Waals surface area contributed by atoms with E-state index in [-0.39, 0.29) is 0 Å². The number of aryl methyl sites for hydroxylation is 1. The first-order chi connectivity index (χ1) is 8.86. The van der Waals surface area contributed by atoms with Gasteiger partial charge in [0.15, 0.2) is 0 Å². The molecule has 1 aromatic heterocycles. The summed E-state index contributed by atoms with van der Waals surface area (Å²) >= 11 is 5.64. The maximum atomic E-state index is 5.64. The van der Waals surface area contributed by atoms with E-state index in [1.54, 1.807) is 0 Å². The average molecular weight is 265 g/mol. The third-order valence-corrected chi connectivity index (χ3v) is 3.19. The van der Waals surface area contributed by atoms with Crippen LogP contribution in [0.15, 0.2) is 22.6 Å². The van der Waals surface area contributed by atoms with Crippen molar-refractivity contribution in [1.82, 2.24) is 10.2 Å². The molecule has 94 valence electrons. The van der Waals surface area contributed by atoms with Crippen molar-refractivity contribution >= 4 is 11.6 Å². The zero-order valence-electron chi connectivity index (χ0n) is 9.86. The van der Waals surface area contributed by atoms with Crippen LogP contribution in [-0.4, -0.2) is 22.7 Å². The van der Waals surface area contributed by atoms with Crippen LogP contribution in [0.25, 0.3) is 11.5 Å². The molecule has 0 aliphatic carbocycles. The van der Waals surface area contributed by atoms with E-state index in [2.05, 4.69) is 16.3 Å². The number of hydrogen-bond acceptors (Lipinski definition) is 4. The molecule has 3 rings (SSSR count). The number of alkyl halides is 1. The highest BCUT2D eigenvalue weighted by Crippen LogP contribution is 2.29. The van der Waals surface area contributed by atoms with Crippen LogP contribution in [0.2, 0.25) is 0 Å². The standard InChI is InChI=1S/C13H13ClN2O2/c14-6-1-2-12-15-16-13(18-12)10-3-4-11-9(8-10)5-7-17-11/h3-4,8H,1-2,5-7H2. The summed E-state index contributed by atoms with van der Waals surface area (Å²) in [5.41, 5.74) is 2.15. The highest BCUT2D eigenvalue weighted by atomic mass is 35.5. The van der Waals surface area contributed by atoms with E-state index in [1.807, 2.05) is 12.1 Å². The lowest BCUT2D eigenvalue weighted by Gasteiger charge is -1.99. The molecule has 0 spiro atoms. The fourth-order valence-electron chi connectivity index (χ4n) is 2.01. The number of rotatable bonds is 4. The van der Waals surface area contributed by atoms with E-state index in [9.17, 15) is 0 Å². The summed E-state index contributed by atoms with van der Waals surface area (Å²) in [5, 5.41) is 8.08. The van der Waals surface area contributed by atoms with Crippen molar-refractivity contribution in [2.45, 2.75) is 19.3 Å². The van der Waals surface area contributed by atoms with Gasteiger partial charge >= 0.3 is 0 Å². The van der Waals surface area contributed by atoms with Crippen molar-refractivity contribution in [2.24, 2.45) is 0 Å². The fraction of sp³-hybridized carbons (Fsp3) is 0.385. The topological polar surface area (TPSA) is 48.2 Å². The number of nitrogens with zero attached hydrogens (tertiary/aromatic N) is 2. The molecular weight excluding hydrogens is 252 g/mol. The molecule has 0 atom stereocenters. The van der Waals surface area contributed by atoms with E-state index in [4.69, 9.17) is 20.8 Å². The second kappa shape index (κ2) is 4.98. The number of halogens is 1. The smallest absolute Gasteiger partial charge is 0.247 e. The zero-order valence-corrected chi connectivity index (χ0v) is 10.6. The second-order valence-corrected chi connectivity index (χ2v) is 4.59. The Morgan fingerprint density at radius 2 is 2.22 bits per heavy atom. The van der Waals surface area contributed by atoms with Gasteiger partial charge in [0.25, 0.3) is 0 Å². The molecule has 0 saturated heterocycles. The fourth-order valence-corrected chi connectivity index (χ4v) is 2.14. The maximum absolute atomic E-state index is 5.64. The average Bonchev–Trinajstić information content (AvgIpc) is 3.04. The SMILES string of the molecule is ClCCCc1nnc(-c2ccc3c(c2)CCO3)o1. The van der Waals surface area contributed by atoms with E-state index in [0.29, 0.717) is 17.7 Å². The lowest BCUT2D eigenvalue weighted by atomic mass is 10.1. The highest BCUT2D eigenvalue weighted by molar-refractivity contribution is 6.17. The lowest BCUT2D eigenvalue weighted by molar-refractivity contribution is 0.357. The molecule has 0 N–H and O–H groups in total. The van der Waals surface area contributed by atoms with Gasteiger partial charge in [-0.05, 0) is 30.2 Å². The maximum Gasteiger partial charge on any atom is 0.247 e. The summed E-state index contributed by atoms with van der Waals surface area (Å²) in [7, 11) is 0. The van der Waals surface area contributed by atoms with Crippen molar-refractivity contribution < 1.29 is 9.15 Å². The molecule has 2 aromatic rings. The molecule has 4 nitrogen and oxygen atoms in total. The molecule has 18 heavy (non-hydrogen) atoms. The highest BCUT2D eigenvalue weighted by Gasteiger charge is 2.15. The first kappa shape index (κ1) is 11.5. The summed E-state index contributed by atoms with van der Waals surface area (Å²) < 4.78 is 11.1. The minimum Gasteiger partial charge on any atom is -0.493 e. The zero-order chi connectivity index (χ0) is 12.4. The van der Waals surface area contributed by atoms with E-state index in [1.165, 1.54) is 5.56 Å². The molecule has 2 heterocycles. The Bertz CT molecular complexity index is 554.